The third-order valence-electron chi connectivity index (χ3n) is 4.84. The molecule has 0 bridgehead atoms. The van der Waals surface area contributed by atoms with Gasteiger partial charge in [0.05, 0.1) is 17.3 Å². The van der Waals surface area contributed by atoms with Gasteiger partial charge in [-0.25, -0.2) is 9.78 Å². The number of rotatable bonds is 5. The second-order valence-corrected chi connectivity index (χ2v) is 7.01. The molecule has 0 aliphatic carbocycles. The topological polar surface area (TPSA) is 86.1 Å². The van der Waals surface area contributed by atoms with Crippen LogP contribution < -0.4 is 5.32 Å². The van der Waals surface area contributed by atoms with Crippen molar-refractivity contribution in [3.63, 3.8) is 0 Å². The molecule has 0 radical (unpaired) electrons. The number of esters is 1. The lowest BCUT2D eigenvalue weighted by Gasteiger charge is -2.15. The highest BCUT2D eigenvalue weighted by molar-refractivity contribution is 5.94. The lowest BCUT2D eigenvalue weighted by atomic mass is 10.0. The van der Waals surface area contributed by atoms with E-state index in [2.05, 4.69) is 15.4 Å². The molecule has 1 N–H and O–H groups in total. The van der Waals surface area contributed by atoms with Gasteiger partial charge in [-0.1, -0.05) is 18.2 Å². The van der Waals surface area contributed by atoms with Crippen LogP contribution in [-0.2, 0) is 16.6 Å². The second-order valence-electron chi connectivity index (χ2n) is 7.01. The Morgan fingerprint density at radius 3 is 2.64 bits per heavy atom. The fourth-order valence-electron chi connectivity index (χ4n) is 3.03. The molecule has 1 aromatic carbocycles. The van der Waals surface area contributed by atoms with Gasteiger partial charge in [0.1, 0.15) is 0 Å². The van der Waals surface area contributed by atoms with Gasteiger partial charge in [-0.2, -0.15) is 5.10 Å². The Balaban J connectivity index is 1.60. The van der Waals surface area contributed by atoms with E-state index in [1.54, 1.807) is 17.8 Å². The summed E-state index contributed by atoms with van der Waals surface area (Å²) in [6.45, 7) is 7.47. The molecule has 2 aromatic heterocycles. The van der Waals surface area contributed by atoms with Gasteiger partial charge in [0, 0.05) is 18.6 Å². The number of ether oxygens (including phenoxy) is 1. The summed E-state index contributed by atoms with van der Waals surface area (Å²) in [5.74, 6) is -0.947. The predicted octanol–water partition coefficient (Wildman–Crippen LogP) is 2.93. The average molecular weight is 380 g/mol. The van der Waals surface area contributed by atoms with Gasteiger partial charge in [-0.15, -0.1) is 0 Å². The van der Waals surface area contributed by atoms with Gasteiger partial charge >= 0.3 is 5.97 Å². The fraction of sp³-hybridized carbons (Fsp3) is 0.333. The number of fused-ring (bicyclic) bond motifs is 1. The highest BCUT2D eigenvalue weighted by Gasteiger charge is 2.16. The van der Waals surface area contributed by atoms with Crippen LogP contribution >= 0.6 is 0 Å². The van der Waals surface area contributed by atoms with E-state index in [1.165, 1.54) is 17.3 Å². The lowest BCUT2D eigenvalue weighted by Crippen LogP contribution is -2.31. The average Bonchev–Trinajstić information content (AvgIpc) is 2.95. The zero-order valence-electron chi connectivity index (χ0n) is 16.7. The van der Waals surface area contributed by atoms with Crippen LogP contribution in [0.1, 0.15) is 45.7 Å². The maximum atomic E-state index is 12.3. The third-order valence-corrected chi connectivity index (χ3v) is 4.84. The molecule has 0 fully saturated rings. The molecule has 0 saturated carbocycles. The fourth-order valence-corrected chi connectivity index (χ4v) is 3.03. The van der Waals surface area contributed by atoms with Crippen molar-refractivity contribution in [3.05, 3.63) is 58.4 Å². The van der Waals surface area contributed by atoms with Crippen molar-refractivity contribution in [2.45, 2.75) is 33.7 Å². The van der Waals surface area contributed by atoms with E-state index in [0.29, 0.717) is 11.2 Å². The minimum Gasteiger partial charge on any atom is -0.452 e. The smallest absolute Gasteiger partial charge is 0.340 e. The molecule has 0 aliphatic heterocycles. The summed E-state index contributed by atoms with van der Waals surface area (Å²) in [7, 11) is 1.79. The maximum absolute atomic E-state index is 12.3. The van der Waals surface area contributed by atoms with Gasteiger partial charge in [0.15, 0.2) is 12.3 Å². The zero-order chi connectivity index (χ0) is 20.4. The Morgan fingerprint density at radius 1 is 1.18 bits per heavy atom. The molecule has 28 heavy (non-hydrogen) atoms. The number of amides is 1. The lowest BCUT2D eigenvalue weighted by molar-refractivity contribution is -0.124. The molecule has 0 aliphatic rings. The van der Waals surface area contributed by atoms with Crippen molar-refractivity contribution >= 4 is 22.9 Å². The SMILES string of the molecule is Cc1ccc(C(C)NC(=O)COC(=O)c2cnc3c(c2)c(C)nn3C)cc1C. The Bertz CT molecular complexity index is 1060. The van der Waals surface area contributed by atoms with Crippen molar-refractivity contribution in [2.75, 3.05) is 6.61 Å². The van der Waals surface area contributed by atoms with Gasteiger partial charge in [-0.3, -0.25) is 9.48 Å². The van der Waals surface area contributed by atoms with Crippen LogP contribution in [0.15, 0.2) is 30.5 Å². The molecule has 3 aromatic rings. The van der Waals surface area contributed by atoms with Crippen LogP contribution in [0.5, 0.6) is 0 Å². The van der Waals surface area contributed by atoms with Gasteiger partial charge < -0.3 is 10.1 Å². The first-order valence-corrected chi connectivity index (χ1v) is 9.09. The number of pyridine rings is 1. The first-order valence-electron chi connectivity index (χ1n) is 9.09. The Hall–Kier alpha value is -3.22. The number of carbonyl (C=O) groups is 2. The molecule has 1 atom stereocenters. The number of hydrogen-bond acceptors (Lipinski definition) is 5. The molecule has 2 heterocycles. The molecule has 7 nitrogen and oxygen atoms in total. The molecule has 1 unspecified atom stereocenters. The molecular formula is C21H24N4O3. The molecule has 146 valence electrons. The van der Waals surface area contributed by atoms with E-state index in [-0.39, 0.29) is 18.6 Å². The van der Waals surface area contributed by atoms with Crippen LogP contribution in [0.2, 0.25) is 0 Å². The van der Waals surface area contributed by atoms with Crippen LogP contribution in [-0.4, -0.2) is 33.2 Å². The minimum absolute atomic E-state index is 0.179. The standard InChI is InChI=1S/C21H24N4O3/c1-12-6-7-16(8-13(12)2)14(3)23-19(26)11-28-21(27)17-9-18-15(4)24-25(5)20(18)22-10-17/h6-10,14H,11H2,1-5H3,(H,23,26). The number of aryl methyl sites for hydroxylation is 4. The summed E-state index contributed by atoms with van der Waals surface area (Å²) in [5, 5.41) is 7.90. The van der Waals surface area contributed by atoms with Crippen molar-refractivity contribution < 1.29 is 14.3 Å². The molecular weight excluding hydrogens is 356 g/mol. The number of benzene rings is 1. The number of nitrogens with zero attached hydrogens (tertiary/aromatic N) is 3. The molecule has 0 saturated heterocycles. The summed E-state index contributed by atoms with van der Waals surface area (Å²) < 4.78 is 6.80. The molecule has 7 heteroatoms. The quantitative estimate of drug-likeness (QED) is 0.688. The summed E-state index contributed by atoms with van der Waals surface area (Å²) in [6, 6.07) is 7.56. The first kappa shape index (κ1) is 19.5. The molecule has 1 amide bonds. The van der Waals surface area contributed by atoms with Crippen LogP contribution in [0, 0.1) is 20.8 Å². The van der Waals surface area contributed by atoms with E-state index in [1.807, 2.05) is 45.9 Å². The molecule has 0 spiro atoms. The largest absolute Gasteiger partial charge is 0.452 e. The van der Waals surface area contributed by atoms with Crippen LogP contribution in [0.25, 0.3) is 11.0 Å². The highest BCUT2D eigenvalue weighted by atomic mass is 16.5. The summed E-state index contributed by atoms with van der Waals surface area (Å²) in [6.07, 6.45) is 1.43. The van der Waals surface area contributed by atoms with Crippen molar-refractivity contribution in [1.29, 1.82) is 0 Å². The number of aromatic nitrogens is 3. The number of carbonyl (C=O) groups excluding carboxylic acids is 2. The van der Waals surface area contributed by atoms with Gasteiger partial charge in [-0.05, 0) is 50.5 Å². The van der Waals surface area contributed by atoms with E-state index < -0.39 is 5.97 Å². The number of hydrogen-bond donors (Lipinski definition) is 1. The van der Waals surface area contributed by atoms with E-state index in [9.17, 15) is 9.59 Å². The van der Waals surface area contributed by atoms with Gasteiger partial charge in [0.25, 0.3) is 5.91 Å². The van der Waals surface area contributed by atoms with E-state index in [4.69, 9.17) is 4.74 Å². The normalized spacial score (nSPS) is 12.0. The van der Waals surface area contributed by atoms with Crippen molar-refractivity contribution in [1.82, 2.24) is 20.1 Å². The van der Waals surface area contributed by atoms with E-state index >= 15 is 0 Å². The summed E-state index contributed by atoms with van der Waals surface area (Å²) in [4.78, 5) is 28.7. The molecule has 3 rings (SSSR count). The van der Waals surface area contributed by atoms with Crippen molar-refractivity contribution in [2.24, 2.45) is 7.05 Å². The van der Waals surface area contributed by atoms with Crippen LogP contribution in [0.4, 0.5) is 0 Å². The van der Waals surface area contributed by atoms with Crippen LogP contribution in [0.3, 0.4) is 0 Å². The highest BCUT2D eigenvalue weighted by Crippen LogP contribution is 2.18. The first-order chi connectivity index (χ1) is 13.3. The Kier molecular flexibility index (Phi) is 5.44. The summed E-state index contributed by atoms with van der Waals surface area (Å²) in [5.41, 5.74) is 5.13. The Labute approximate surface area is 163 Å². The Morgan fingerprint density at radius 2 is 1.93 bits per heavy atom. The maximum Gasteiger partial charge on any atom is 0.340 e. The predicted molar refractivity (Wildman–Crippen MR) is 106 cm³/mol. The zero-order valence-corrected chi connectivity index (χ0v) is 16.7. The van der Waals surface area contributed by atoms with Crippen molar-refractivity contribution in [3.8, 4) is 0 Å². The summed E-state index contributed by atoms with van der Waals surface area (Å²) >= 11 is 0. The third kappa shape index (κ3) is 4.03. The minimum atomic E-state index is -0.591. The number of nitrogens with one attached hydrogen (secondary N) is 1. The second kappa shape index (κ2) is 7.80. The monoisotopic (exact) mass is 380 g/mol. The van der Waals surface area contributed by atoms with E-state index in [0.717, 1.165) is 16.6 Å². The van der Waals surface area contributed by atoms with Gasteiger partial charge in [0.2, 0.25) is 0 Å².